The Labute approximate surface area is 87.2 Å². The van der Waals surface area contributed by atoms with Gasteiger partial charge in [-0.2, -0.15) is 0 Å². The van der Waals surface area contributed by atoms with Crippen LogP contribution in [0.4, 0.5) is 0 Å². The van der Waals surface area contributed by atoms with Gasteiger partial charge in [0.15, 0.2) is 0 Å². The monoisotopic (exact) mass is 203 g/mol. The maximum Gasteiger partial charge on any atom is 0.255 e. The fourth-order valence-electron chi connectivity index (χ4n) is 1.25. The van der Waals surface area contributed by atoms with E-state index in [0.29, 0.717) is 0 Å². The molecule has 0 fully saturated rings. The van der Waals surface area contributed by atoms with Gasteiger partial charge in [0.25, 0.3) is 5.56 Å². The van der Waals surface area contributed by atoms with Crippen LogP contribution in [0.15, 0.2) is 58.4 Å². The van der Waals surface area contributed by atoms with Crippen molar-refractivity contribution in [2.24, 2.45) is 0 Å². The first-order valence-corrected chi connectivity index (χ1v) is 4.69. The van der Waals surface area contributed by atoms with Gasteiger partial charge in [-0.05, 0) is 30.3 Å². The molecule has 70 valence electrons. The summed E-state index contributed by atoms with van der Waals surface area (Å²) in [5.74, 6) is 0. The molecule has 14 heavy (non-hydrogen) atoms. The summed E-state index contributed by atoms with van der Waals surface area (Å²) < 4.78 is 1.59. The third-order valence-electron chi connectivity index (χ3n) is 1.95. The van der Waals surface area contributed by atoms with Gasteiger partial charge in [-0.3, -0.25) is 9.36 Å². The molecule has 3 heteroatoms. The number of thiol groups is 1. The third-order valence-corrected chi connectivity index (χ3v) is 2.25. The van der Waals surface area contributed by atoms with Crippen LogP contribution < -0.4 is 5.56 Å². The largest absolute Gasteiger partial charge is 0.284 e. The number of nitrogens with zero attached hydrogens (tertiary/aromatic N) is 1. The second-order valence-corrected chi connectivity index (χ2v) is 3.44. The van der Waals surface area contributed by atoms with Crippen LogP contribution in [0.2, 0.25) is 0 Å². The van der Waals surface area contributed by atoms with Crippen LogP contribution in [0.5, 0.6) is 0 Å². The lowest BCUT2D eigenvalue weighted by Crippen LogP contribution is -2.15. The van der Waals surface area contributed by atoms with Crippen molar-refractivity contribution in [3.63, 3.8) is 0 Å². The number of hydrogen-bond acceptors (Lipinski definition) is 2. The van der Waals surface area contributed by atoms with Gasteiger partial charge in [0.05, 0.1) is 0 Å². The van der Waals surface area contributed by atoms with Gasteiger partial charge in [-0.15, -0.1) is 12.6 Å². The molecule has 1 heterocycles. The van der Waals surface area contributed by atoms with Gasteiger partial charge in [-0.1, -0.05) is 6.07 Å². The van der Waals surface area contributed by atoms with E-state index in [1.165, 1.54) is 6.07 Å². The average Bonchev–Trinajstić information content (AvgIpc) is 2.20. The topological polar surface area (TPSA) is 22.0 Å². The maximum atomic E-state index is 11.4. The predicted octanol–water partition coefficient (Wildman–Crippen LogP) is 2.13. The van der Waals surface area contributed by atoms with E-state index in [4.69, 9.17) is 0 Å². The lowest BCUT2D eigenvalue weighted by atomic mass is 10.3. The molecule has 0 amide bonds. The average molecular weight is 203 g/mol. The summed E-state index contributed by atoms with van der Waals surface area (Å²) in [5, 5.41) is 0. The van der Waals surface area contributed by atoms with Crippen molar-refractivity contribution in [1.82, 2.24) is 4.57 Å². The quantitative estimate of drug-likeness (QED) is 0.705. The normalized spacial score (nSPS) is 10.1. The molecule has 0 spiro atoms. The third kappa shape index (κ3) is 1.72. The zero-order valence-electron chi connectivity index (χ0n) is 7.42. The van der Waals surface area contributed by atoms with Gasteiger partial charge < -0.3 is 0 Å². The van der Waals surface area contributed by atoms with E-state index < -0.39 is 0 Å². The molecule has 0 atom stereocenters. The molecular weight excluding hydrogens is 194 g/mol. The highest BCUT2D eigenvalue weighted by atomic mass is 32.1. The van der Waals surface area contributed by atoms with Gasteiger partial charge in [0, 0.05) is 22.8 Å². The highest BCUT2D eigenvalue weighted by molar-refractivity contribution is 7.80. The molecule has 2 nitrogen and oxygen atoms in total. The van der Waals surface area contributed by atoms with Crippen LogP contribution in [0.25, 0.3) is 5.69 Å². The van der Waals surface area contributed by atoms with Crippen LogP contribution >= 0.6 is 12.6 Å². The van der Waals surface area contributed by atoms with E-state index in [-0.39, 0.29) is 5.56 Å². The second kappa shape index (κ2) is 3.72. The molecule has 2 aromatic rings. The van der Waals surface area contributed by atoms with Gasteiger partial charge in [0.1, 0.15) is 0 Å². The van der Waals surface area contributed by atoms with Gasteiger partial charge >= 0.3 is 0 Å². The highest BCUT2D eigenvalue weighted by Crippen LogP contribution is 2.09. The molecule has 0 aliphatic heterocycles. The number of aromatic nitrogens is 1. The van der Waals surface area contributed by atoms with E-state index in [2.05, 4.69) is 12.6 Å². The minimum atomic E-state index is -0.0283. The zero-order chi connectivity index (χ0) is 9.97. The standard InChI is InChI=1S/C11H9NOS/c13-11-3-1-2-8-12(11)9-4-6-10(14)7-5-9/h1-8,14H. The van der Waals surface area contributed by atoms with Crippen molar-refractivity contribution in [3.05, 3.63) is 59.0 Å². The van der Waals surface area contributed by atoms with Crippen LogP contribution in [-0.4, -0.2) is 4.57 Å². The van der Waals surface area contributed by atoms with Crippen molar-refractivity contribution >= 4 is 12.6 Å². The minimum Gasteiger partial charge on any atom is -0.284 e. The van der Waals surface area contributed by atoms with Crippen molar-refractivity contribution in [1.29, 1.82) is 0 Å². The summed E-state index contributed by atoms with van der Waals surface area (Å²) in [6, 6.07) is 12.5. The Morgan fingerprint density at radius 3 is 2.36 bits per heavy atom. The van der Waals surface area contributed by atoms with Crippen molar-refractivity contribution in [3.8, 4) is 5.69 Å². The molecule has 0 unspecified atom stereocenters. The lowest BCUT2D eigenvalue weighted by Gasteiger charge is -2.04. The molecule has 0 aliphatic rings. The first-order valence-electron chi connectivity index (χ1n) is 4.24. The molecule has 0 radical (unpaired) electrons. The van der Waals surface area contributed by atoms with E-state index in [0.717, 1.165) is 10.6 Å². The number of pyridine rings is 1. The van der Waals surface area contributed by atoms with Crippen molar-refractivity contribution in [2.75, 3.05) is 0 Å². The van der Waals surface area contributed by atoms with Crippen molar-refractivity contribution < 1.29 is 0 Å². The summed E-state index contributed by atoms with van der Waals surface area (Å²) in [5.41, 5.74) is 0.827. The number of rotatable bonds is 1. The van der Waals surface area contributed by atoms with Crippen LogP contribution in [0.1, 0.15) is 0 Å². The van der Waals surface area contributed by atoms with Crippen LogP contribution in [0.3, 0.4) is 0 Å². The molecule has 1 aromatic heterocycles. The van der Waals surface area contributed by atoms with Crippen LogP contribution in [-0.2, 0) is 0 Å². The second-order valence-electron chi connectivity index (χ2n) is 2.93. The SMILES string of the molecule is O=c1ccccn1-c1ccc(S)cc1. The first kappa shape index (κ1) is 9.09. The van der Waals surface area contributed by atoms with Gasteiger partial charge in [0.2, 0.25) is 0 Å². The molecule has 0 bridgehead atoms. The van der Waals surface area contributed by atoms with E-state index >= 15 is 0 Å². The maximum absolute atomic E-state index is 11.4. The van der Waals surface area contributed by atoms with E-state index in [9.17, 15) is 4.79 Å². The summed E-state index contributed by atoms with van der Waals surface area (Å²) in [4.78, 5) is 12.3. The summed E-state index contributed by atoms with van der Waals surface area (Å²) in [7, 11) is 0. The van der Waals surface area contributed by atoms with E-state index in [1.54, 1.807) is 16.8 Å². The Kier molecular flexibility index (Phi) is 2.41. The summed E-state index contributed by atoms with van der Waals surface area (Å²) >= 11 is 4.18. The predicted molar refractivity (Wildman–Crippen MR) is 59.3 cm³/mol. The zero-order valence-corrected chi connectivity index (χ0v) is 8.32. The molecular formula is C11H9NOS. The van der Waals surface area contributed by atoms with Gasteiger partial charge in [-0.25, -0.2) is 0 Å². The Bertz CT molecular complexity index is 487. The number of benzene rings is 1. The molecule has 0 saturated carbocycles. The minimum absolute atomic E-state index is 0.0283. The van der Waals surface area contributed by atoms with Crippen molar-refractivity contribution in [2.45, 2.75) is 4.90 Å². The Morgan fingerprint density at radius 2 is 1.71 bits per heavy atom. The fraction of sp³-hybridized carbons (Fsp3) is 0. The Hall–Kier alpha value is -1.48. The van der Waals surface area contributed by atoms with E-state index in [1.807, 2.05) is 30.3 Å². The fourth-order valence-corrected chi connectivity index (χ4v) is 1.40. The Morgan fingerprint density at radius 1 is 1.00 bits per heavy atom. The molecule has 0 aliphatic carbocycles. The highest BCUT2D eigenvalue weighted by Gasteiger charge is 1.96. The molecule has 0 saturated heterocycles. The number of hydrogen-bond donors (Lipinski definition) is 1. The summed E-state index contributed by atoms with van der Waals surface area (Å²) in [6.07, 6.45) is 1.75. The molecule has 2 rings (SSSR count). The first-order chi connectivity index (χ1) is 6.77. The summed E-state index contributed by atoms with van der Waals surface area (Å²) in [6.45, 7) is 0. The molecule has 1 aromatic carbocycles. The smallest absolute Gasteiger partial charge is 0.255 e. The lowest BCUT2D eigenvalue weighted by molar-refractivity contribution is 0.988. The Balaban J connectivity index is 2.56. The molecule has 0 N–H and O–H groups in total. The van der Waals surface area contributed by atoms with Crippen LogP contribution in [0, 0.1) is 0 Å².